The topological polar surface area (TPSA) is 100 Å². The second kappa shape index (κ2) is 5.32. The molecule has 19 heavy (non-hydrogen) atoms. The summed E-state index contributed by atoms with van der Waals surface area (Å²) < 4.78 is 2.92. The number of nitriles is 2. The summed E-state index contributed by atoms with van der Waals surface area (Å²) in [5.74, 6) is -0.367. The van der Waals surface area contributed by atoms with Crippen LogP contribution >= 0.6 is 0 Å². The van der Waals surface area contributed by atoms with Crippen molar-refractivity contribution in [2.45, 2.75) is 19.4 Å². The Bertz CT molecular complexity index is 729. The van der Waals surface area contributed by atoms with E-state index in [0.29, 0.717) is 23.9 Å². The van der Waals surface area contributed by atoms with Crippen LogP contribution in [0.25, 0.3) is 11.0 Å². The van der Waals surface area contributed by atoms with Gasteiger partial charge in [0.1, 0.15) is 11.7 Å². The largest absolute Gasteiger partial charge is 0.297 e. The van der Waals surface area contributed by atoms with Gasteiger partial charge in [-0.15, -0.1) is 0 Å². The van der Waals surface area contributed by atoms with Gasteiger partial charge in [0.05, 0.1) is 24.3 Å². The molecule has 0 spiro atoms. The summed E-state index contributed by atoms with van der Waals surface area (Å²) >= 11 is 0. The first-order chi connectivity index (χ1) is 9.17. The predicted octanol–water partition coefficient (Wildman–Crippen LogP) is 0.574. The average molecular weight is 256 g/mol. The van der Waals surface area contributed by atoms with Crippen molar-refractivity contribution in [2.24, 2.45) is 13.0 Å². The number of hydrogen-bond acceptors (Lipinski definition) is 5. The lowest BCUT2D eigenvalue weighted by molar-refractivity contribution is 0.498. The molecule has 7 heteroatoms. The van der Waals surface area contributed by atoms with E-state index < -0.39 is 0 Å². The van der Waals surface area contributed by atoms with Crippen molar-refractivity contribution < 1.29 is 0 Å². The van der Waals surface area contributed by atoms with E-state index in [4.69, 9.17) is 10.5 Å². The van der Waals surface area contributed by atoms with Crippen LogP contribution in [0.2, 0.25) is 0 Å². The van der Waals surface area contributed by atoms with Gasteiger partial charge in [0.25, 0.3) is 5.56 Å². The smallest absolute Gasteiger partial charge is 0.264 e. The number of hydrogen-bond donors (Lipinski definition) is 0. The number of aromatic nitrogens is 4. The Balaban J connectivity index is 2.31. The lowest BCUT2D eigenvalue weighted by atomic mass is 10.1. The minimum absolute atomic E-state index is 0.213. The zero-order valence-corrected chi connectivity index (χ0v) is 10.4. The first-order valence-corrected chi connectivity index (χ1v) is 5.81. The summed E-state index contributed by atoms with van der Waals surface area (Å²) in [4.78, 5) is 16.3. The molecule has 2 aromatic heterocycles. The Morgan fingerprint density at radius 2 is 2.26 bits per heavy atom. The van der Waals surface area contributed by atoms with E-state index in [0.717, 1.165) is 0 Å². The number of fused-ring (bicyclic) bond motifs is 1. The second-order valence-electron chi connectivity index (χ2n) is 4.23. The van der Waals surface area contributed by atoms with E-state index in [9.17, 15) is 4.79 Å². The zero-order valence-electron chi connectivity index (χ0n) is 10.4. The highest BCUT2D eigenvalue weighted by molar-refractivity contribution is 5.72. The maximum atomic E-state index is 12.2. The van der Waals surface area contributed by atoms with Crippen LogP contribution in [0, 0.1) is 28.6 Å². The second-order valence-corrected chi connectivity index (χ2v) is 4.23. The molecule has 0 aliphatic rings. The minimum atomic E-state index is -0.367. The van der Waals surface area contributed by atoms with E-state index in [-0.39, 0.29) is 18.0 Å². The molecule has 0 radical (unpaired) electrons. The van der Waals surface area contributed by atoms with Gasteiger partial charge in [0.15, 0.2) is 5.65 Å². The normalized spacial score (nSPS) is 11.9. The van der Waals surface area contributed by atoms with E-state index >= 15 is 0 Å². The molecule has 2 rings (SSSR count). The van der Waals surface area contributed by atoms with Crippen molar-refractivity contribution in [3.8, 4) is 12.1 Å². The first kappa shape index (κ1) is 12.8. The number of rotatable bonds is 4. The van der Waals surface area contributed by atoms with Gasteiger partial charge in [-0.25, -0.2) is 4.98 Å². The molecule has 2 aromatic rings. The van der Waals surface area contributed by atoms with E-state index in [1.807, 2.05) is 6.07 Å². The van der Waals surface area contributed by atoms with Crippen LogP contribution in [0.15, 0.2) is 17.3 Å². The lowest BCUT2D eigenvalue weighted by Crippen LogP contribution is -2.24. The van der Waals surface area contributed by atoms with Gasteiger partial charge in [0, 0.05) is 20.0 Å². The van der Waals surface area contributed by atoms with Crippen LogP contribution in [0.1, 0.15) is 12.8 Å². The van der Waals surface area contributed by atoms with E-state index in [1.54, 1.807) is 7.05 Å². The lowest BCUT2D eigenvalue weighted by Gasteiger charge is -2.09. The highest BCUT2D eigenvalue weighted by atomic mass is 16.1. The van der Waals surface area contributed by atoms with Gasteiger partial charge < -0.3 is 0 Å². The molecule has 96 valence electrons. The Labute approximate surface area is 109 Å². The Morgan fingerprint density at radius 1 is 1.47 bits per heavy atom. The summed E-state index contributed by atoms with van der Waals surface area (Å²) in [5.41, 5.74) is 0.307. The fourth-order valence-corrected chi connectivity index (χ4v) is 1.87. The third-order valence-corrected chi connectivity index (χ3v) is 2.92. The van der Waals surface area contributed by atoms with Gasteiger partial charge in [0.2, 0.25) is 0 Å². The molecule has 0 saturated heterocycles. The molecular formula is C12H12N6O. The number of aryl methyl sites for hydroxylation is 1. The van der Waals surface area contributed by atoms with Gasteiger partial charge in [-0.1, -0.05) is 0 Å². The first-order valence-electron chi connectivity index (χ1n) is 5.81. The van der Waals surface area contributed by atoms with Crippen molar-refractivity contribution >= 4 is 11.0 Å². The molecule has 0 saturated carbocycles. The molecule has 1 atom stereocenters. The van der Waals surface area contributed by atoms with Crippen LogP contribution in [-0.4, -0.2) is 19.3 Å². The molecule has 0 bridgehead atoms. The van der Waals surface area contributed by atoms with Crippen LogP contribution in [0.4, 0.5) is 0 Å². The standard InChI is InChI=1S/C12H12N6O/c1-17-11-10(6-16-17)12(19)18(8-15-11)7-9(5-14)3-2-4-13/h6,8-9H,2-3,7H2,1H3. The zero-order chi connectivity index (χ0) is 13.8. The van der Waals surface area contributed by atoms with Crippen LogP contribution in [0.5, 0.6) is 0 Å². The molecular weight excluding hydrogens is 244 g/mol. The van der Waals surface area contributed by atoms with E-state index in [2.05, 4.69) is 16.2 Å². The fraction of sp³-hybridized carbons (Fsp3) is 0.417. The molecule has 0 aliphatic carbocycles. The highest BCUT2D eigenvalue weighted by Crippen LogP contribution is 2.09. The summed E-state index contributed by atoms with van der Waals surface area (Å²) in [6, 6.07) is 4.10. The molecule has 0 aromatic carbocycles. The molecule has 1 unspecified atom stereocenters. The summed E-state index contributed by atoms with van der Waals surface area (Å²) in [6.07, 6.45) is 3.64. The van der Waals surface area contributed by atoms with Gasteiger partial charge >= 0.3 is 0 Å². The molecule has 0 aliphatic heterocycles. The van der Waals surface area contributed by atoms with Crippen LogP contribution in [-0.2, 0) is 13.6 Å². The van der Waals surface area contributed by atoms with Crippen molar-refractivity contribution in [3.05, 3.63) is 22.9 Å². The Hall–Kier alpha value is -2.67. The summed E-state index contributed by atoms with van der Waals surface area (Å²) in [7, 11) is 1.71. The summed E-state index contributed by atoms with van der Waals surface area (Å²) in [5, 5.41) is 21.9. The molecule has 0 fully saturated rings. The maximum Gasteiger partial charge on any atom is 0.264 e. The third kappa shape index (κ3) is 2.45. The van der Waals surface area contributed by atoms with Crippen LogP contribution < -0.4 is 5.56 Å². The third-order valence-electron chi connectivity index (χ3n) is 2.92. The van der Waals surface area contributed by atoms with Gasteiger partial charge in [-0.05, 0) is 6.42 Å². The highest BCUT2D eigenvalue weighted by Gasteiger charge is 2.12. The Kier molecular flexibility index (Phi) is 3.58. The SMILES string of the molecule is Cn1ncc2c(=O)n(CC(C#N)CCC#N)cnc21. The molecule has 0 N–H and O–H groups in total. The van der Waals surface area contributed by atoms with Crippen molar-refractivity contribution in [1.82, 2.24) is 19.3 Å². The maximum absolute atomic E-state index is 12.2. The minimum Gasteiger partial charge on any atom is -0.297 e. The van der Waals surface area contributed by atoms with Crippen molar-refractivity contribution in [1.29, 1.82) is 10.5 Å². The fourth-order valence-electron chi connectivity index (χ4n) is 1.87. The van der Waals surface area contributed by atoms with Gasteiger partial charge in [-0.2, -0.15) is 15.6 Å². The monoisotopic (exact) mass is 256 g/mol. The van der Waals surface area contributed by atoms with Crippen LogP contribution in [0.3, 0.4) is 0 Å². The van der Waals surface area contributed by atoms with Gasteiger partial charge in [-0.3, -0.25) is 14.0 Å². The summed E-state index contributed by atoms with van der Waals surface area (Å²) in [6.45, 7) is 0.245. The molecule has 2 heterocycles. The average Bonchev–Trinajstić information content (AvgIpc) is 2.79. The Morgan fingerprint density at radius 3 is 2.95 bits per heavy atom. The predicted molar refractivity (Wildman–Crippen MR) is 66.7 cm³/mol. The van der Waals surface area contributed by atoms with E-state index in [1.165, 1.54) is 21.8 Å². The number of nitrogens with zero attached hydrogens (tertiary/aromatic N) is 6. The quantitative estimate of drug-likeness (QED) is 0.796. The van der Waals surface area contributed by atoms with Crippen molar-refractivity contribution in [3.63, 3.8) is 0 Å². The molecule has 7 nitrogen and oxygen atoms in total. The molecule has 0 amide bonds. The van der Waals surface area contributed by atoms with Crippen molar-refractivity contribution in [2.75, 3.05) is 0 Å².